The molecule has 0 fully saturated rings. The molecule has 66 valence electrons. The molecule has 1 aromatic rings. The molecule has 0 radical (unpaired) electrons. The lowest BCUT2D eigenvalue weighted by molar-refractivity contribution is 0.869. The van der Waals surface area contributed by atoms with E-state index in [1.807, 2.05) is 19.1 Å². The fraction of sp³-hybridized carbons (Fsp3) is 0.444. The van der Waals surface area contributed by atoms with E-state index in [4.69, 9.17) is 5.73 Å². The van der Waals surface area contributed by atoms with Crippen molar-refractivity contribution in [2.75, 3.05) is 18.4 Å². The van der Waals surface area contributed by atoms with Gasteiger partial charge in [-0.1, -0.05) is 6.07 Å². The molecular formula is C9H15N3. The van der Waals surface area contributed by atoms with Crippen LogP contribution in [0.2, 0.25) is 0 Å². The lowest BCUT2D eigenvalue weighted by atomic mass is 10.3. The Hall–Kier alpha value is -1.09. The molecule has 0 unspecified atom stereocenters. The molecule has 0 spiro atoms. The molecule has 1 aromatic heterocycles. The summed E-state index contributed by atoms with van der Waals surface area (Å²) in [5.41, 5.74) is 6.55. The second-order valence-electron chi connectivity index (χ2n) is 2.74. The molecular weight excluding hydrogens is 150 g/mol. The van der Waals surface area contributed by atoms with E-state index in [9.17, 15) is 0 Å². The number of pyridine rings is 1. The summed E-state index contributed by atoms with van der Waals surface area (Å²) in [6.07, 6.45) is 2.77. The molecule has 0 saturated heterocycles. The SMILES string of the molecule is Cc1cccnc1NCCCN. The van der Waals surface area contributed by atoms with Gasteiger partial charge in [-0.05, 0) is 31.5 Å². The van der Waals surface area contributed by atoms with Gasteiger partial charge in [-0.15, -0.1) is 0 Å². The Kier molecular flexibility index (Phi) is 3.54. The highest BCUT2D eigenvalue weighted by Crippen LogP contribution is 2.08. The summed E-state index contributed by atoms with van der Waals surface area (Å²) < 4.78 is 0. The Bertz CT molecular complexity index is 235. The quantitative estimate of drug-likeness (QED) is 0.658. The van der Waals surface area contributed by atoms with Crippen molar-refractivity contribution < 1.29 is 0 Å². The van der Waals surface area contributed by atoms with Crippen molar-refractivity contribution in [2.45, 2.75) is 13.3 Å². The lowest BCUT2D eigenvalue weighted by Crippen LogP contribution is -2.09. The van der Waals surface area contributed by atoms with Crippen LogP contribution in [0.4, 0.5) is 5.82 Å². The number of hydrogen-bond donors (Lipinski definition) is 2. The maximum Gasteiger partial charge on any atom is 0.128 e. The Balaban J connectivity index is 2.46. The molecule has 0 amide bonds. The van der Waals surface area contributed by atoms with Crippen LogP contribution in [0.5, 0.6) is 0 Å². The van der Waals surface area contributed by atoms with Crippen LogP contribution in [-0.2, 0) is 0 Å². The second kappa shape index (κ2) is 4.72. The maximum absolute atomic E-state index is 5.37. The summed E-state index contributed by atoms with van der Waals surface area (Å²) >= 11 is 0. The maximum atomic E-state index is 5.37. The zero-order chi connectivity index (χ0) is 8.81. The van der Waals surface area contributed by atoms with Crippen molar-refractivity contribution in [3.05, 3.63) is 23.9 Å². The van der Waals surface area contributed by atoms with E-state index >= 15 is 0 Å². The van der Waals surface area contributed by atoms with Gasteiger partial charge in [0.2, 0.25) is 0 Å². The molecule has 0 saturated carbocycles. The van der Waals surface area contributed by atoms with Crippen molar-refractivity contribution in [1.29, 1.82) is 0 Å². The monoisotopic (exact) mass is 165 g/mol. The van der Waals surface area contributed by atoms with Gasteiger partial charge in [-0.25, -0.2) is 4.98 Å². The van der Waals surface area contributed by atoms with Crippen LogP contribution in [0.3, 0.4) is 0 Å². The summed E-state index contributed by atoms with van der Waals surface area (Å²) in [5, 5.41) is 3.22. The number of aromatic nitrogens is 1. The Labute approximate surface area is 73.0 Å². The van der Waals surface area contributed by atoms with Crippen LogP contribution in [0.1, 0.15) is 12.0 Å². The van der Waals surface area contributed by atoms with Gasteiger partial charge in [0.05, 0.1) is 0 Å². The standard InChI is InChI=1S/C9H15N3/c1-8-4-2-6-11-9(8)12-7-3-5-10/h2,4,6H,3,5,7,10H2,1H3,(H,11,12). The number of nitrogens with zero attached hydrogens (tertiary/aromatic N) is 1. The molecule has 1 heterocycles. The van der Waals surface area contributed by atoms with E-state index in [1.165, 1.54) is 5.56 Å². The van der Waals surface area contributed by atoms with Crippen molar-refractivity contribution in [3.8, 4) is 0 Å². The number of rotatable bonds is 4. The topological polar surface area (TPSA) is 50.9 Å². The van der Waals surface area contributed by atoms with Gasteiger partial charge in [0.25, 0.3) is 0 Å². The summed E-state index contributed by atoms with van der Waals surface area (Å²) in [7, 11) is 0. The van der Waals surface area contributed by atoms with E-state index in [2.05, 4.69) is 10.3 Å². The average molecular weight is 165 g/mol. The first-order valence-corrected chi connectivity index (χ1v) is 4.20. The smallest absolute Gasteiger partial charge is 0.128 e. The number of aryl methyl sites for hydroxylation is 1. The van der Waals surface area contributed by atoms with Gasteiger partial charge >= 0.3 is 0 Å². The largest absolute Gasteiger partial charge is 0.370 e. The first kappa shape index (κ1) is 9.00. The van der Waals surface area contributed by atoms with E-state index in [-0.39, 0.29) is 0 Å². The minimum atomic E-state index is 0.721. The van der Waals surface area contributed by atoms with Crippen molar-refractivity contribution in [2.24, 2.45) is 5.73 Å². The fourth-order valence-electron chi connectivity index (χ4n) is 0.980. The molecule has 0 aliphatic heterocycles. The van der Waals surface area contributed by atoms with Gasteiger partial charge in [-0.3, -0.25) is 0 Å². The first-order chi connectivity index (χ1) is 5.84. The summed E-state index contributed by atoms with van der Waals surface area (Å²) in [6, 6.07) is 3.97. The Morgan fingerprint density at radius 3 is 3.08 bits per heavy atom. The highest BCUT2D eigenvalue weighted by atomic mass is 15.0. The molecule has 0 bridgehead atoms. The van der Waals surface area contributed by atoms with Crippen LogP contribution >= 0.6 is 0 Å². The van der Waals surface area contributed by atoms with Gasteiger partial charge in [0.15, 0.2) is 0 Å². The number of nitrogens with one attached hydrogen (secondary N) is 1. The first-order valence-electron chi connectivity index (χ1n) is 4.20. The molecule has 3 N–H and O–H groups in total. The van der Waals surface area contributed by atoms with Gasteiger partial charge in [0, 0.05) is 12.7 Å². The number of hydrogen-bond acceptors (Lipinski definition) is 3. The third-order valence-corrected chi connectivity index (χ3v) is 1.68. The zero-order valence-electron chi connectivity index (χ0n) is 7.38. The van der Waals surface area contributed by atoms with Crippen LogP contribution in [-0.4, -0.2) is 18.1 Å². The summed E-state index contributed by atoms with van der Waals surface area (Å²) in [6.45, 7) is 3.66. The van der Waals surface area contributed by atoms with Gasteiger partial charge in [-0.2, -0.15) is 0 Å². The van der Waals surface area contributed by atoms with E-state index in [1.54, 1.807) is 6.20 Å². The predicted octanol–water partition coefficient (Wildman–Crippen LogP) is 1.15. The average Bonchev–Trinajstić information content (AvgIpc) is 2.09. The minimum Gasteiger partial charge on any atom is -0.370 e. The van der Waals surface area contributed by atoms with Crippen LogP contribution < -0.4 is 11.1 Å². The van der Waals surface area contributed by atoms with Crippen LogP contribution in [0.15, 0.2) is 18.3 Å². The summed E-state index contributed by atoms with van der Waals surface area (Å²) in [5.74, 6) is 0.964. The molecule has 0 atom stereocenters. The van der Waals surface area contributed by atoms with E-state index in [0.717, 1.165) is 25.3 Å². The highest BCUT2D eigenvalue weighted by Gasteiger charge is 1.94. The third kappa shape index (κ3) is 2.51. The van der Waals surface area contributed by atoms with Gasteiger partial charge < -0.3 is 11.1 Å². The lowest BCUT2D eigenvalue weighted by Gasteiger charge is -2.06. The number of anilines is 1. The molecule has 12 heavy (non-hydrogen) atoms. The molecule has 1 rings (SSSR count). The zero-order valence-corrected chi connectivity index (χ0v) is 7.38. The minimum absolute atomic E-state index is 0.721. The van der Waals surface area contributed by atoms with Gasteiger partial charge in [0.1, 0.15) is 5.82 Å². The van der Waals surface area contributed by atoms with E-state index < -0.39 is 0 Å². The predicted molar refractivity (Wildman–Crippen MR) is 51.1 cm³/mol. The normalized spacial score (nSPS) is 9.83. The summed E-state index contributed by atoms with van der Waals surface area (Å²) in [4.78, 5) is 4.20. The van der Waals surface area contributed by atoms with Crippen LogP contribution in [0, 0.1) is 6.92 Å². The fourth-order valence-corrected chi connectivity index (χ4v) is 0.980. The third-order valence-electron chi connectivity index (χ3n) is 1.68. The second-order valence-corrected chi connectivity index (χ2v) is 2.74. The molecule has 3 nitrogen and oxygen atoms in total. The number of nitrogens with two attached hydrogens (primary N) is 1. The van der Waals surface area contributed by atoms with Crippen molar-refractivity contribution in [3.63, 3.8) is 0 Å². The van der Waals surface area contributed by atoms with Crippen molar-refractivity contribution >= 4 is 5.82 Å². The molecule has 0 aliphatic carbocycles. The van der Waals surface area contributed by atoms with Crippen molar-refractivity contribution in [1.82, 2.24) is 4.98 Å². The molecule has 0 aromatic carbocycles. The van der Waals surface area contributed by atoms with E-state index in [0.29, 0.717) is 0 Å². The van der Waals surface area contributed by atoms with Crippen LogP contribution in [0.25, 0.3) is 0 Å². The molecule has 0 aliphatic rings. The Morgan fingerprint density at radius 1 is 1.58 bits per heavy atom. The molecule has 3 heteroatoms. The Morgan fingerprint density at radius 2 is 2.42 bits per heavy atom. The highest BCUT2D eigenvalue weighted by molar-refractivity contribution is 5.42.